The van der Waals surface area contributed by atoms with Gasteiger partial charge in [-0.05, 0) is 30.5 Å². The summed E-state index contributed by atoms with van der Waals surface area (Å²) in [6, 6.07) is 4.02. The van der Waals surface area contributed by atoms with Crippen molar-refractivity contribution >= 4 is 11.3 Å². The fraction of sp³-hybridized carbons (Fsp3) is 0.308. The van der Waals surface area contributed by atoms with Crippen LogP contribution in [0.4, 0.5) is 0 Å². The summed E-state index contributed by atoms with van der Waals surface area (Å²) in [6.45, 7) is 5.43. The molecule has 0 atom stereocenters. The predicted octanol–water partition coefficient (Wildman–Crippen LogP) is 2.76. The number of rotatable bonds is 4. The number of nitrogens with zero attached hydrogens (tertiary/aromatic N) is 1. The third kappa shape index (κ3) is 3.05. The maximum Gasteiger partial charge on any atom is 0.121 e. The first kappa shape index (κ1) is 12.1. The highest BCUT2D eigenvalue weighted by atomic mass is 32.1. The Hall–Kier alpha value is -1.39. The summed E-state index contributed by atoms with van der Waals surface area (Å²) < 4.78 is 0. The first-order valence-corrected chi connectivity index (χ1v) is 6.43. The first-order valence-electron chi connectivity index (χ1n) is 5.55. The Morgan fingerprint density at radius 3 is 2.53 bits per heavy atom. The smallest absolute Gasteiger partial charge is 0.121 e. The van der Waals surface area contributed by atoms with Crippen LogP contribution in [0.1, 0.15) is 21.7 Å². The zero-order valence-electron chi connectivity index (χ0n) is 10.0. The van der Waals surface area contributed by atoms with Crippen LogP contribution in [0.25, 0.3) is 0 Å². The van der Waals surface area contributed by atoms with Crippen molar-refractivity contribution < 1.29 is 5.11 Å². The fourth-order valence-corrected chi connectivity index (χ4v) is 2.39. The molecule has 0 spiro atoms. The second kappa shape index (κ2) is 5.29. The van der Waals surface area contributed by atoms with Gasteiger partial charge in [0.25, 0.3) is 0 Å². The van der Waals surface area contributed by atoms with Crippen molar-refractivity contribution in [1.82, 2.24) is 10.3 Å². The van der Waals surface area contributed by atoms with Crippen molar-refractivity contribution in [3.63, 3.8) is 0 Å². The number of hydrogen-bond acceptors (Lipinski definition) is 4. The Bertz CT molecular complexity index is 471. The average Bonchev–Trinajstić information content (AvgIpc) is 2.79. The van der Waals surface area contributed by atoms with Crippen molar-refractivity contribution in [2.75, 3.05) is 0 Å². The SMILES string of the molecule is Cc1cc(CNCc2nccs2)cc(C)c1O. The van der Waals surface area contributed by atoms with E-state index in [1.54, 1.807) is 11.3 Å². The van der Waals surface area contributed by atoms with Crippen molar-refractivity contribution in [2.24, 2.45) is 0 Å². The molecule has 0 amide bonds. The third-order valence-electron chi connectivity index (χ3n) is 2.64. The Balaban J connectivity index is 1.95. The van der Waals surface area contributed by atoms with Crippen molar-refractivity contribution in [3.05, 3.63) is 45.4 Å². The molecule has 0 unspecified atom stereocenters. The summed E-state index contributed by atoms with van der Waals surface area (Å²) in [5.74, 6) is 0.397. The third-order valence-corrected chi connectivity index (χ3v) is 3.42. The zero-order chi connectivity index (χ0) is 12.3. The summed E-state index contributed by atoms with van der Waals surface area (Å²) in [5.41, 5.74) is 3.04. The number of aromatic hydroxyl groups is 1. The first-order chi connectivity index (χ1) is 8.16. The average molecular weight is 248 g/mol. The molecule has 4 heteroatoms. The molecule has 2 N–H and O–H groups in total. The van der Waals surface area contributed by atoms with Gasteiger partial charge >= 0.3 is 0 Å². The van der Waals surface area contributed by atoms with Crippen LogP contribution in [0.2, 0.25) is 0 Å². The maximum absolute atomic E-state index is 9.68. The lowest BCUT2D eigenvalue weighted by Gasteiger charge is -2.08. The van der Waals surface area contributed by atoms with Gasteiger partial charge in [-0.3, -0.25) is 0 Å². The van der Waals surface area contributed by atoms with Gasteiger partial charge in [0.1, 0.15) is 10.8 Å². The largest absolute Gasteiger partial charge is 0.507 e. The molecule has 0 bridgehead atoms. The van der Waals surface area contributed by atoms with Gasteiger partial charge in [0.2, 0.25) is 0 Å². The van der Waals surface area contributed by atoms with Crippen LogP contribution in [0.3, 0.4) is 0 Å². The molecular formula is C13H16N2OS. The van der Waals surface area contributed by atoms with Gasteiger partial charge in [-0.15, -0.1) is 11.3 Å². The van der Waals surface area contributed by atoms with Gasteiger partial charge in [-0.2, -0.15) is 0 Å². The fourth-order valence-electron chi connectivity index (χ4n) is 1.80. The van der Waals surface area contributed by atoms with Crippen LogP contribution in [0.15, 0.2) is 23.7 Å². The van der Waals surface area contributed by atoms with Crippen LogP contribution in [-0.2, 0) is 13.1 Å². The van der Waals surface area contributed by atoms with E-state index in [0.29, 0.717) is 5.75 Å². The Morgan fingerprint density at radius 1 is 1.24 bits per heavy atom. The van der Waals surface area contributed by atoms with Gasteiger partial charge in [-0.1, -0.05) is 12.1 Å². The van der Waals surface area contributed by atoms with Gasteiger partial charge < -0.3 is 10.4 Å². The molecule has 2 aromatic rings. The minimum Gasteiger partial charge on any atom is -0.507 e. The van der Waals surface area contributed by atoms with Gasteiger partial charge in [0, 0.05) is 24.7 Å². The number of nitrogens with one attached hydrogen (secondary N) is 1. The number of benzene rings is 1. The Morgan fingerprint density at radius 2 is 1.94 bits per heavy atom. The molecule has 1 aromatic heterocycles. The van der Waals surface area contributed by atoms with E-state index < -0.39 is 0 Å². The predicted molar refractivity (Wildman–Crippen MR) is 70.2 cm³/mol. The van der Waals surface area contributed by atoms with E-state index >= 15 is 0 Å². The molecule has 1 aromatic carbocycles. The molecule has 17 heavy (non-hydrogen) atoms. The number of thiazole rings is 1. The van der Waals surface area contributed by atoms with Gasteiger partial charge in [0.15, 0.2) is 0 Å². The number of phenols is 1. The minimum absolute atomic E-state index is 0.397. The second-order valence-electron chi connectivity index (χ2n) is 4.11. The van der Waals surface area contributed by atoms with Crippen LogP contribution in [-0.4, -0.2) is 10.1 Å². The second-order valence-corrected chi connectivity index (χ2v) is 5.09. The molecule has 90 valence electrons. The molecule has 0 radical (unpaired) electrons. The van der Waals surface area contributed by atoms with Crippen LogP contribution >= 0.6 is 11.3 Å². The van der Waals surface area contributed by atoms with E-state index in [-0.39, 0.29) is 0 Å². The van der Waals surface area contributed by atoms with Crippen molar-refractivity contribution in [1.29, 1.82) is 0 Å². The van der Waals surface area contributed by atoms with E-state index in [1.807, 2.05) is 37.6 Å². The molecule has 0 aliphatic heterocycles. The van der Waals surface area contributed by atoms with E-state index in [9.17, 15) is 5.11 Å². The van der Waals surface area contributed by atoms with E-state index in [2.05, 4.69) is 10.3 Å². The lowest BCUT2D eigenvalue weighted by Crippen LogP contribution is -2.12. The van der Waals surface area contributed by atoms with Crippen molar-refractivity contribution in [3.8, 4) is 5.75 Å². The van der Waals surface area contributed by atoms with E-state index in [4.69, 9.17) is 0 Å². The molecule has 3 nitrogen and oxygen atoms in total. The highest BCUT2D eigenvalue weighted by Gasteiger charge is 2.03. The molecule has 0 saturated heterocycles. The molecular weight excluding hydrogens is 232 g/mol. The molecule has 0 aliphatic carbocycles. The molecule has 0 aliphatic rings. The summed E-state index contributed by atoms with van der Waals surface area (Å²) >= 11 is 1.65. The number of phenolic OH excluding ortho intramolecular Hbond substituents is 1. The van der Waals surface area contributed by atoms with Crippen LogP contribution in [0.5, 0.6) is 5.75 Å². The van der Waals surface area contributed by atoms with Crippen LogP contribution in [0, 0.1) is 13.8 Å². The Labute approximate surface area is 105 Å². The Kier molecular flexibility index (Phi) is 3.76. The molecule has 0 fully saturated rings. The molecule has 2 rings (SSSR count). The van der Waals surface area contributed by atoms with E-state index in [1.165, 1.54) is 5.56 Å². The summed E-state index contributed by atoms with van der Waals surface area (Å²) in [7, 11) is 0. The van der Waals surface area contributed by atoms with Crippen LogP contribution < -0.4 is 5.32 Å². The highest BCUT2D eigenvalue weighted by Crippen LogP contribution is 2.22. The normalized spacial score (nSPS) is 10.7. The monoisotopic (exact) mass is 248 g/mol. The zero-order valence-corrected chi connectivity index (χ0v) is 10.8. The summed E-state index contributed by atoms with van der Waals surface area (Å²) in [6.07, 6.45) is 1.82. The van der Waals surface area contributed by atoms with E-state index in [0.717, 1.165) is 29.2 Å². The van der Waals surface area contributed by atoms with Crippen molar-refractivity contribution in [2.45, 2.75) is 26.9 Å². The molecule has 1 heterocycles. The minimum atomic E-state index is 0.397. The lowest BCUT2D eigenvalue weighted by molar-refractivity contribution is 0.466. The number of aryl methyl sites for hydroxylation is 2. The maximum atomic E-state index is 9.68. The van der Waals surface area contributed by atoms with Gasteiger partial charge in [-0.25, -0.2) is 4.98 Å². The van der Waals surface area contributed by atoms with Gasteiger partial charge in [0.05, 0.1) is 0 Å². The topological polar surface area (TPSA) is 45.2 Å². The quantitative estimate of drug-likeness (QED) is 0.874. The summed E-state index contributed by atoms with van der Waals surface area (Å²) in [4.78, 5) is 4.21. The lowest BCUT2D eigenvalue weighted by atomic mass is 10.1. The number of hydrogen-bond donors (Lipinski definition) is 2. The number of aromatic nitrogens is 1. The highest BCUT2D eigenvalue weighted by molar-refractivity contribution is 7.09. The molecule has 0 saturated carbocycles. The summed E-state index contributed by atoms with van der Waals surface area (Å²) in [5, 5.41) is 16.1. The standard InChI is InChI=1S/C13H16N2OS/c1-9-5-11(6-10(2)13(9)16)7-14-8-12-15-3-4-17-12/h3-6,14,16H,7-8H2,1-2H3.